The number of carboxylic acids is 1. The molecule has 0 aliphatic carbocycles. The Morgan fingerprint density at radius 2 is 0.826 bits per heavy atom. The highest BCUT2D eigenvalue weighted by Gasteiger charge is 2.25. The molecule has 0 bridgehead atoms. The van der Waals surface area contributed by atoms with Gasteiger partial charge in [0.2, 0.25) is 0 Å². The molecule has 0 saturated heterocycles. The third-order valence-electron chi connectivity index (χ3n) is 12.6. The smallest absolute Gasteiger partial charge is 0.361 e. The standard InChI is InChI=1S/C60H109NO8/c1-6-8-10-12-14-16-18-20-22-23-24-25-26-27-28-29-30-31-32-33-34-35-37-39-41-43-45-47-49-51-58(63)69-56(55-68-60(59(64)65)66-53-52-61(3,4)5)54-67-57(62)50-48-46-44-42-40-38-36-21-19-17-15-13-11-9-7-2/h8,10,14,16,20,22,24-25,56,60H,6-7,9,11-13,15,17-19,21,23,26-55H2,1-5H3/p+1/b10-8-,16-14-,22-20-,25-24-. The third kappa shape index (κ3) is 52.9. The topological polar surface area (TPSA) is 108 Å². The molecule has 1 N–H and O–H groups in total. The van der Waals surface area contributed by atoms with Crippen LogP contribution in [0.25, 0.3) is 0 Å². The second kappa shape index (κ2) is 51.6. The van der Waals surface area contributed by atoms with E-state index in [-0.39, 0.29) is 32.2 Å². The molecule has 9 heteroatoms. The van der Waals surface area contributed by atoms with Gasteiger partial charge < -0.3 is 28.5 Å². The number of nitrogens with zero attached hydrogens (tertiary/aromatic N) is 1. The summed E-state index contributed by atoms with van der Waals surface area (Å²) in [5.74, 6) is -1.99. The van der Waals surface area contributed by atoms with Crippen LogP contribution in [0.1, 0.15) is 258 Å². The first kappa shape index (κ1) is 66.2. The van der Waals surface area contributed by atoms with Gasteiger partial charge in [0, 0.05) is 12.8 Å². The van der Waals surface area contributed by atoms with Crippen LogP contribution in [0, 0.1) is 0 Å². The van der Waals surface area contributed by atoms with Gasteiger partial charge in [-0.2, -0.15) is 0 Å². The van der Waals surface area contributed by atoms with Gasteiger partial charge >= 0.3 is 17.9 Å². The number of carboxylic acid groups (broad SMARTS) is 1. The number of allylic oxidation sites excluding steroid dienone is 8. The average molecular weight is 974 g/mol. The summed E-state index contributed by atoms with van der Waals surface area (Å²) in [6.45, 7) is 4.80. The molecule has 0 radical (unpaired) electrons. The number of carbonyl (C=O) groups excluding carboxylic acids is 2. The van der Waals surface area contributed by atoms with Crippen molar-refractivity contribution in [2.24, 2.45) is 0 Å². The van der Waals surface area contributed by atoms with Gasteiger partial charge in [-0.3, -0.25) is 9.59 Å². The number of unbranched alkanes of at least 4 members (excludes halogenated alkanes) is 30. The van der Waals surface area contributed by atoms with E-state index in [2.05, 4.69) is 62.5 Å². The second-order valence-corrected chi connectivity index (χ2v) is 20.6. The fourth-order valence-electron chi connectivity index (χ4n) is 8.18. The van der Waals surface area contributed by atoms with Crippen molar-refractivity contribution in [3.05, 3.63) is 48.6 Å². The molecule has 0 aromatic heterocycles. The summed E-state index contributed by atoms with van der Waals surface area (Å²) in [5, 5.41) is 9.69. The van der Waals surface area contributed by atoms with Crippen LogP contribution >= 0.6 is 0 Å². The van der Waals surface area contributed by atoms with Gasteiger partial charge in [0.1, 0.15) is 13.2 Å². The van der Waals surface area contributed by atoms with E-state index in [1.54, 1.807) is 0 Å². The van der Waals surface area contributed by atoms with E-state index in [0.717, 1.165) is 64.2 Å². The predicted octanol–water partition coefficient (Wildman–Crippen LogP) is 16.7. The first-order chi connectivity index (χ1) is 33.6. The molecule has 0 rings (SSSR count). The lowest BCUT2D eigenvalue weighted by molar-refractivity contribution is -0.870. The van der Waals surface area contributed by atoms with E-state index < -0.39 is 24.3 Å². The molecule has 0 spiro atoms. The summed E-state index contributed by atoms with van der Waals surface area (Å²) in [6, 6.07) is 0. The van der Waals surface area contributed by atoms with Crippen LogP contribution in [0.2, 0.25) is 0 Å². The molecule has 0 amide bonds. The summed E-state index contributed by atoms with van der Waals surface area (Å²) in [5.41, 5.74) is 0. The van der Waals surface area contributed by atoms with Gasteiger partial charge in [-0.15, -0.1) is 0 Å². The maximum atomic E-state index is 12.9. The highest BCUT2D eigenvalue weighted by molar-refractivity contribution is 5.71. The summed E-state index contributed by atoms with van der Waals surface area (Å²) in [6.07, 6.45) is 60.5. The molecule has 402 valence electrons. The van der Waals surface area contributed by atoms with Crippen molar-refractivity contribution in [3.8, 4) is 0 Å². The van der Waals surface area contributed by atoms with Gasteiger partial charge in [0.15, 0.2) is 6.10 Å². The zero-order chi connectivity index (χ0) is 50.6. The Balaban J connectivity index is 4.16. The molecule has 0 aliphatic heterocycles. The lowest BCUT2D eigenvalue weighted by atomic mass is 10.0. The normalized spacial score (nSPS) is 13.1. The molecule has 0 fully saturated rings. The molecule has 0 aromatic rings. The van der Waals surface area contributed by atoms with E-state index in [0.29, 0.717) is 17.4 Å². The lowest BCUT2D eigenvalue weighted by Crippen LogP contribution is -2.40. The molecule has 0 heterocycles. The zero-order valence-electron chi connectivity index (χ0n) is 45.7. The molecular formula is C60H110NO8+. The molecular weight excluding hydrogens is 863 g/mol. The highest BCUT2D eigenvalue weighted by Crippen LogP contribution is 2.17. The first-order valence-electron chi connectivity index (χ1n) is 28.8. The van der Waals surface area contributed by atoms with Gasteiger partial charge in [-0.05, 0) is 51.4 Å². The monoisotopic (exact) mass is 973 g/mol. The third-order valence-corrected chi connectivity index (χ3v) is 12.6. The van der Waals surface area contributed by atoms with Crippen LogP contribution < -0.4 is 0 Å². The van der Waals surface area contributed by atoms with Crippen molar-refractivity contribution in [1.29, 1.82) is 0 Å². The number of carbonyl (C=O) groups is 3. The number of rotatable bonds is 53. The number of aliphatic carboxylic acids is 1. The summed E-state index contributed by atoms with van der Waals surface area (Å²) in [4.78, 5) is 37.4. The number of hydrogen-bond acceptors (Lipinski definition) is 7. The van der Waals surface area contributed by atoms with Crippen LogP contribution in [-0.2, 0) is 33.3 Å². The van der Waals surface area contributed by atoms with Crippen LogP contribution in [0.4, 0.5) is 0 Å². The second-order valence-electron chi connectivity index (χ2n) is 20.6. The van der Waals surface area contributed by atoms with Crippen LogP contribution in [0.3, 0.4) is 0 Å². The van der Waals surface area contributed by atoms with Crippen molar-refractivity contribution in [2.45, 2.75) is 270 Å². The average Bonchev–Trinajstić information content (AvgIpc) is 3.31. The highest BCUT2D eigenvalue weighted by atomic mass is 16.7. The Morgan fingerprint density at radius 1 is 0.449 bits per heavy atom. The number of esters is 2. The van der Waals surface area contributed by atoms with Crippen molar-refractivity contribution >= 4 is 17.9 Å². The number of quaternary nitrogens is 1. The minimum atomic E-state index is -1.51. The lowest BCUT2D eigenvalue weighted by Gasteiger charge is -2.25. The quantitative estimate of drug-likeness (QED) is 0.0211. The van der Waals surface area contributed by atoms with Crippen LogP contribution in [0.15, 0.2) is 48.6 Å². The number of ether oxygens (including phenoxy) is 4. The van der Waals surface area contributed by atoms with Gasteiger partial charge in [0.25, 0.3) is 6.29 Å². The Bertz CT molecular complexity index is 1270. The van der Waals surface area contributed by atoms with E-state index in [4.69, 9.17) is 18.9 Å². The maximum Gasteiger partial charge on any atom is 0.361 e. The maximum absolute atomic E-state index is 12.9. The largest absolute Gasteiger partial charge is 0.477 e. The SMILES string of the molecule is CC/C=C\C/C=C\C/C=C\C/C=C\CCCCCCCCCCCCCCCCCCC(=O)OC(COC(=O)CCCCCCCCCCCCCCCCC)COC(OCC[N+](C)(C)C)C(=O)O. The number of hydrogen-bond donors (Lipinski definition) is 1. The summed E-state index contributed by atoms with van der Waals surface area (Å²) < 4.78 is 22.9. The fourth-order valence-corrected chi connectivity index (χ4v) is 8.18. The van der Waals surface area contributed by atoms with Crippen molar-refractivity contribution in [3.63, 3.8) is 0 Å². The molecule has 2 atom stereocenters. The Hall–Kier alpha value is -2.75. The number of likely N-dealkylation sites (N-methyl/N-ethyl adjacent to an activating group) is 1. The molecule has 0 aliphatic rings. The summed E-state index contributed by atoms with van der Waals surface area (Å²) >= 11 is 0. The Morgan fingerprint density at radius 3 is 1.23 bits per heavy atom. The Labute approximate surface area is 425 Å². The van der Waals surface area contributed by atoms with Crippen LogP contribution in [-0.4, -0.2) is 87.4 Å². The zero-order valence-corrected chi connectivity index (χ0v) is 45.7. The van der Waals surface area contributed by atoms with Crippen molar-refractivity contribution in [2.75, 3.05) is 47.5 Å². The summed E-state index contributed by atoms with van der Waals surface area (Å²) in [7, 11) is 5.97. The van der Waals surface area contributed by atoms with E-state index in [9.17, 15) is 19.5 Å². The minimum Gasteiger partial charge on any atom is -0.477 e. The van der Waals surface area contributed by atoms with Gasteiger partial charge in [-0.25, -0.2) is 4.79 Å². The predicted molar refractivity (Wildman–Crippen MR) is 290 cm³/mol. The van der Waals surface area contributed by atoms with E-state index >= 15 is 0 Å². The van der Waals surface area contributed by atoms with Gasteiger partial charge in [0.05, 0.1) is 34.4 Å². The Kier molecular flexibility index (Phi) is 49.5. The first-order valence-corrected chi connectivity index (χ1v) is 28.8. The van der Waals surface area contributed by atoms with Gasteiger partial charge in [-0.1, -0.05) is 242 Å². The van der Waals surface area contributed by atoms with Crippen molar-refractivity contribution in [1.82, 2.24) is 0 Å². The molecule has 2 unspecified atom stereocenters. The molecule has 69 heavy (non-hydrogen) atoms. The fraction of sp³-hybridized carbons (Fsp3) is 0.817. The molecule has 9 nitrogen and oxygen atoms in total. The molecule has 0 saturated carbocycles. The van der Waals surface area contributed by atoms with Crippen molar-refractivity contribution < 1.29 is 42.9 Å². The minimum absolute atomic E-state index is 0.178. The molecule has 0 aromatic carbocycles. The van der Waals surface area contributed by atoms with E-state index in [1.807, 2.05) is 21.1 Å². The van der Waals surface area contributed by atoms with Crippen LogP contribution in [0.5, 0.6) is 0 Å². The van der Waals surface area contributed by atoms with E-state index in [1.165, 1.54) is 167 Å².